The van der Waals surface area contributed by atoms with Gasteiger partial charge >= 0.3 is 5.97 Å². The molecule has 0 fully saturated rings. The Balaban J connectivity index is 1.96. The van der Waals surface area contributed by atoms with Crippen LogP contribution >= 0.6 is 11.3 Å². The second-order valence-electron chi connectivity index (χ2n) is 7.09. The number of carboxylic acids is 1. The average Bonchev–Trinajstić information content (AvgIpc) is 3.17. The lowest BCUT2D eigenvalue weighted by atomic mass is 9.87. The number of carbonyl (C=O) groups is 2. The third-order valence-corrected chi connectivity index (χ3v) is 6.63. The topological polar surface area (TPSA) is 94.1 Å². The Bertz CT molecular complexity index is 1200. The first-order valence-corrected chi connectivity index (χ1v) is 10.5. The molecule has 0 radical (unpaired) electrons. The summed E-state index contributed by atoms with van der Waals surface area (Å²) in [4.78, 5) is 25.5. The molecule has 0 unspecified atom stereocenters. The van der Waals surface area contributed by atoms with Crippen molar-refractivity contribution in [3.63, 3.8) is 0 Å². The van der Waals surface area contributed by atoms with Crippen molar-refractivity contribution in [3.8, 4) is 28.4 Å². The number of thiophene rings is 1. The first kappa shape index (κ1) is 21.6. The summed E-state index contributed by atoms with van der Waals surface area (Å²) < 4.78 is 29.9. The lowest BCUT2D eigenvalue weighted by Gasteiger charge is -2.26. The number of carboxylic acid groups (broad SMARTS) is 1. The van der Waals surface area contributed by atoms with Crippen molar-refractivity contribution in [1.82, 2.24) is 0 Å². The minimum Gasteiger partial charge on any atom is -0.493 e. The molecule has 2 aromatic carbocycles. The van der Waals surface area contributed by atoms with Crippen LogP contribution in [-0.2, 0) is 4.79 Å². The highest BCUT2D eigenvalue weighted by Crippen LogP contribution is 2.53. The SMILES string of the molecule is COc1ccc([C@@H]2CC(=O)Nc3c2sc(C(=O)O)c3-c2ccc(F)cc2)c(OC)c1OC. The van der Waals surface area contributed by atoms with E-state index in [-0.39, 0.29) is 17.2 Å². The molecule has 1 aliphatic heterocycles. The third-order valence-electron chi connectivity index (χ3n) is 5.34. The molecule has 2 N–H and O–H groups in total. The van der Waals surface area contributed by atoms with Crippen molar-refractivity contribution in [1.29, 1.82) is 0 Å². The number of carbonyl (C=O) groups excluding carboxylic acids is 1. The number of nitrogens with one attached hydrogen (secondary N) is 1. The van der Waals surface area contributed by atoms with E-state index in [4.69, 9.17) is 14.2 Å². The Morgan fingerprint density at radius 2 is 1.75 bits per heavy atom. The lowest BCUT2D eigenvalue weighted by molar-refractivity contribution is -0.116. The number of hydrogen-bond acceptors (Lipinski definition) is 6. The molecule has 4 rings (SSSR count). The third kappa shape index (κ3) is 3.54. The summed E-state index contributed by atoms with van der Waals surface area (Å²) in [5.74, 6) is -1.04. The normalized spacial score (nSPS) is 15.0. The molecule has 9 heteroatoms. The van der Waals surface area contributed by atoms with E-state index < -0.39 is 17.7 Å². The molecule has 3 aromatic rings. The van der Waals surface area contributed by atoms with E-state index in [1.807, 2.05) is 0 Å². The molecule has 1 amide bonds. The fourth-order valence-corrected chi connectivity index (χ4v) is 5.22. The van der Waals surface area contributed by atoms with Crippen LogP contribution in [0.25, 0.3) is 11.1 Å². The maximum atomic E-state index is 13.5. The Labute approximate surface area is 187 Å². The van der Waals surface area contributed by atoms with E-state index in [0.717, 1.165) is 11.3 Å². The highest BCUT2D eigenvalue weighted by atomic mass is 32.1. The molecule has 0 saturated heterocycles. The van der Waals surface area contributed by atoms with Crippen LogP contribution in [0, 0.1) is 5.82 Å². The zero-order valence-corrected chi connectivity index (χ0v) is 18.3. The maximum Gasteiger partial charge on any atom is 0.346 e. The number of anilines is 1. The number of ether oxygens (including phenoxy) is 3. The summed E-state index contributed by atoms with van der Waals surface area (Å²) in [7, 11) is 4.49. The van der Waals surface area contributed by atoms with Gasteiger partial charge in [0, 0.05) is 28.3 Å². The number of amides is 1. The molecular formula is C23H20FNO6S. The van der Waals surface area contributed by atoms with Crippen LogP contribution in [-0.4, -0.2) is 38.3 Å². The van der Waals surface area contributed by atoms with Gasteiger partial charge in [0.15, 0.2) is 11.5 Å². The number of aromatic carboxylic acids is 1. The predicted octanol–water partition coefficient (Wildman–Crippen LogP) is 4.75. The fourth-order valence-electron chi connectivity index (χ4n) is 3.98. The van der Waals surface area contributed by atoms with Crippen molar-refractivity contribution < 1.29 is 33.3 Å². The van der Waals surface area contributed by atoms with Crippen LogP contribution in [0.2, 0.25) is 0 Å². The molecule has 2 heterocycles. The summed E-state index contributed by atoms with van der Waals surface area (Å²) in [5.41, 5.74) is 1.94. The summed E-state index contributed by atoms with van der Waals surface area (Å²) >= 11 is 1.08. The molecule has 0 spiro atoms. The van der Waals surface area contributed by atoms with Crippen LogP contribution in [0.5, 0.6) is 17.2 Å². The van der Waals surface area contributed by atoms with Crippen molar-refractivity contribution in [2.45, 2.75) is 12.3 Å². The van der Waals surface area contributed by atoms with E-state index in [9.17, 15) is 19.1 Å². The molecule has 0 bridgehead atoms. The van der Waals surface area contributed by atoms with Crippen molar-refractivity contribution >= 4 is 28.9 Å². The van der Waals surface area contributed by atoms with Gasteiger partial charge in [0.25, 0.3) is 0 Å². The lowest BCUT2D eigenvalue weighted by Crippen LogP contribution is -2.23. The smallest absolute Gasteiger partial charge is 0.346 e. The molecule has 166 valence electrons. The summed E-state index contributed by atoms with van der Waals surface area (Å²) in [6.45, 7) is 0. The molecule has 1 atom stereocenters. The summed E-state index contributed by atoms with van der Waals surface area (Å²) in [6, 6.07) is 9.00. The predicted molar refractivity (Wildman–Crippen MR) is 118 cm³/mol. The van der Waals surface area contributed by atoms with E-state index in [0.29, 0.717) is 44.5 Å². The van der Waals surface area contributed by atoms with Gasteiger partial charge in [-0.25, -0.2) is 9.18 Å². The van der Waals surface area contributed by atoms with Crippen LogP contribution in [0.15, 0.2) is 36.4 Å². The maximum absolute atomic E-state index is 13.5. The summed E-state index contributed by atoms with van der Waals surface area (Å²) in [5, 5.41) is 12.7. The minimum atomic E-state index is -1.13. The van der Waals surface area contributed by atoms with Gasteiger partial charge in [0.2, 0.25) is 11.7 Å². The van der Waals surface area contributed by atoms with Gasteiger partial charge in [0.05, 0.1) is 27.0 Å². The van der Waals surface area contributed by atoms with E-state index in [1.54, 1.807) is 12.1 Å². The number of benzene rings is 2. The van der Waals surface area contributed by atoms with Crippen molar-refractivity contribution in [2.75, 3.05) is 26.6 Å². The van der Waals surface area contributed by atoms with Crippen LogP contribution < -0.4 is 19.5 Å². The van der Waals surface area contributed by atoms with Gasteiger partial charge in [0.1, 0.15) is 10.7 Å². The van der Waals surface area contributed by atoms with Crippen LogP contribution in [0.4, 0.5) is 10.1 Å². The number of halogens is 1. The van der Waals surface area contributed by atoms with Crippen LogP contribution in [0.3, 0.4) is 0 Å². The summed E-state index contributed by atoms with van der Waals surface area (Å²) in [6.07, 6.45) is 0.0985. The number of methoxy groups -OCH3 is 3. The molecule has 0 saturated carbocycles. The monoisotopic (exact) mass is 457 g/mol. The number of fused-ring (bicyclic) bond motifs is 1. The second kappa shape index (κ2) is 8.51. The zero-order valence-electron chi connectivity index (χ0n) is 17.5. The number of hydrogen-bond donors (Lipinski definition) is 2. The highest BCUT2D eigenvalue weighted by Gasteiger charge is 2.36. The Kier molecular flexibility index (Phi) is 5.75. The first-order chi connectivity index (χ1) is 15.4. The largest absolute Gasteiger partial charge is 0.493 e. The quantitative estimate of drug-likeness (QED) is 0.555. The Morgan fingerprint density at radius 3 is 2.34 bits per heavy atom. The first-order valence-electron chi connectivity index (χ1n) is 9.64. The van der Waals surface area contributed by atoms with Crippen molar-refractivity contribution in [2.24, 2.45) is 0 Å². The molecule has 1 aromatic heterocycles. The van der Waals surface area contributed by atoms with E-state index >= 15 is 0 Å². The zero-order chi connectivity index (χ0) is 23.0. The molecular weight excluding hydrogens is 437 g/mol. The standard InChI is InChI=1S/C23H20FNO6S/c1-29-15-9-8-13(19(30-2)20(15)31-3)14-10-16(26)25-18-17(11-4-6-12(24)7-5-11)22(23(27)28)32-21(14)18/h4-9,14H,10H2,1-3H3,(H,25,26)(H,27,28)/t14-/m0/s1. The molecule has 1 aliphatic rings. The Morgan fingerprint density at radius 1 is 1.06 bits per heavy atom. The molecule has 7 nitrogen and oxygen atoms in total. The van der Waals surface area contributed by atoms with Gasteiger partial charge in [-0.3, -0.25) is 4.79 Å². The van der Waals surface area contributed by atoms with Gasteiger partial charge in [-0.1, -0.05) is 18.2 Å². The highest BCUT2D eigenvalue weighted by molar-refractivity contribution is 7.15. The average molecular weight is 457 g/mol. The van der Waals surface area contributed by atoms with Gasteiger partial charge in [-0.05, 0) is 23.8 Å². The fraction of sp³-hybridized carbons (Fsp3) is 0.217. The second-order valence-corrected chi connectivity index (χ2v) is 8.14. The number of rotatable bonds is 6. The van der Waals surface area contributed by atoms with Gasteiger partial charge in [-0.15, -0.1) is 11.3 Å². The van der Waals surface area contributed by atoms with E-state index in [2.05, 4.69) is 5.32 Å². The van der Waals surface area contributed by atoms with Crippen LogP contribution in [0.1, 0.15) is 32.5 Å². The minimum absolute atomic E-state index is 0.0632. The molecule has 0 aliphatic carbocycles. The van der Waals surface area contributed by atoms with Crippen molar-refractivity contribution in [3.05, 3.63) is 57.5 Å². The molecule has 32 heavy (non-hydrogen) atoms. The van der Waals surface area contributed by atoms with Gasteiger partial charge < -0.3 is 24.6 Å². The van der Waals surface area contributed by atoms with E-state index in [1.165, 1.54) is 45.6 Å². The Hall–Kier alpha value is -3.59. The van der Waals surface area contributed by atoms with Gasteiger partial charge in [-0.2, -0.15) is 0 Å².